The fraction of sp³-hybridized carbons (Fsp3) is 0.278. The molecule has 0 aliphatic rings. The Labute approximate surface area is 120 Å². The molecule has 0 aliphatic heterocycles. The first-order chi connectivity index (χ1) is 9.63. The van der Waals surface area contributed by atoms with Crippen molar-refractivity contribution >= 4 is 5.78 Å². The van der Waals surface area contributed by atoms with Gasteiger partial charge >= 0.3 is 0 Å². The lowest BCUT2D eigenvalue weighted by Crippen LogP contribution is -2.00. The maximum Gasteiger partial charge on any atom is 0.134 e. The Balaban J connectivity index is 2.57. The van der Waals surface area contributed by atoms with E-state index < -0.39 is 0 Å². The van der Waals surface area contributed by atoms with E-state index in [1.54, 1.807) is 13.0 Å². The van der Waals surface area contributed by atoms with Crippen molar-refractivity contribution in [3.05, 3.63) is 53.6 Å². The van der Waals surface area contributed by atoms with Crippen molar-refractivity contribution < 1.29 is 9.90 Å². The van der Waals surface area contributed by atoms with Gasteiger partial charge in [-0.25, -0.2) is 0 Å². The Bertz CT molecular complexity index is 615. The molecule has 1 N–H and O–H groups in total. The van der Waals surface area contributed by atoms with Gasteiger partial charge in [0.25, 0.3) is 0 Å². The third kappa shape index (κ3) is 3.08. The summed E-state index contributed by atoms with van der Waals surface area (Å²) in [6.45, 7) is 3.70. The molecule has 0 atom stereocenters. The van der Waals surface area contributed by atoms with E-state index in [0.29, 0.717) is 0 Å². The SMILES string of the molecule is CCCc1ccccc1-c1cccc(O)c1CC(C)=O. The summed E-state index contributed by atoms with van der Waals surface area (Å²) >= 11 is 0. The predicted octanol–water partition coefficient (Wildman–Crippen LogP) is 4.14. The number of ketones is 1. The second kappa shape index (κ2) is 6.38. The van der Waals surface area contributed by atoms with Gasteiger partial charge in [0.2, 0.25) is 0 Å². The van der Waals surface area contributed by atoms with Crippen LogP contribution in [0.2, 0.25) is 0 Å². The van der Waals surface area contributed by atoms with Crippen molar-refractivity contribution in [3.8, 4) is 16.9 Å². The van der Waals surface area contributed by atoms with E-state index in [9.17, 15) is 9.90 Å². The summed E-state index contributed by atoms with van der Waals surface area (Å²) < 4.78 is 0. The molecule has 2 rings (SSSR count). The zero-order valence-electron chi connectivity index (χ0n) is 12.0. The third-order valence-electron chi connectivity index (χ3n) is 3.40. The van der Waals surface area contributed by atoms with Crippen LogP contribution >= 0.6 is 0 Å². The number of Topliss-reactive ketones (excluding diaryl/α,β-unsaturated/α-hetero) is 1. The van der Waals surface area contributed by atoms with Gasteiger partial charge in [0.1, 0.15) is 11.5 Å². The molecule has 2 aromatic carbocycles. The Hall–Kier alpha value is -2.09. The second-order valence-corrected chi connectivity index (χ2v) is 5.09. The zero-order valence-corrected chi connectivity index (χ0v) is 12.0. The van der Waals surface area contributed by atoms with Crippen LogP contribution in [0.5, 0.6) is 5.75 Å². The van der Waals surface area contributed by atoms with Crippen LogP contribution in [0, 0.1) is 0 Å². The summed E-state index contributed by atoms with van der Waals surface area (Å²) in [5.41, 5.74) is 4.06. The normalized spacial score (nSPS) is 10.5. The number of phenolic OH excluding ortho intramolecular Hbond substituents is 1. The van der Waals surface area contributed by atoms with E-state index in [4.69, 9.17) is 0 Å². The summed E-state index contributed by atoms with van der Waals surface area (Å²) in [5.74, 6) is 0.254. The van der Waals surface area contributed by atoms with Gasteiger partial charge in [-0.1, -0.05) is 49.7 Å². The second-order valence-electron chi connectivity index (χ2n) is 5.09. The molecule has 2 aromatic rings. The van der Waals surface area contributed by atoms with Crippen LogP contribution < -0.4 is 0 Å². The zero-order chi connectivity index (χ0) is 14.5. The molecular formula is C18H20O2. The standard InChI is InChI=1S/C18H20O2/c1-3-7-14-8-4-5-9-15(14)16-10-6-11-18(20)17(16)12-13(2)19/h4-6,8-11,20H,3,7,12H2,1-2H3. The molecular weight excluding hydrogens is 248 g/mol. The Morgan fingerprint density at radius 3 is 2.45 bits per heavy atom. The highest BCUT2D eigenvalue weighted by molar-refractivity contribution is 5.83. The van der Waals surface area contributed by atoms with E-state index in [2.05, 4.69) is 19.1 Å². The first kappa shape index (κ1) is 14.3. The molecule has 0 fully saturated rings. The monoisotopic (exact) mass is 268 g/mol. The Morgan fingerprint density at radius 2 is 1.75 bits per heavy atom. The van der Waals surface area contributed by atoms with Crippen molar-refractivity contribution in [2.24, 2.45) is 0 Å². The number of carbonyl (C=O) groups excluding carboxylic acids is 1. The van der Waals surface area contributed by atoms with Crippen LogP contribution in [0.1, 0.15) is 31.4 Å². The summed E-state index contributed by atoms with van der Waals surface area (Å²) in [6, 6.07) is 13.6. The average Bonchev–Trinajstić information content (AvgIpc) is 2.42. The molecule has 0 spiro atoms. The fourth-order valence-corrected chi connectivity index (χ4v) is 2.53. The van der Waals surface area contributed by atoms with Crippen LogP contribution in [-0.2, 0) is 17.6 Å². The van der Waals surface area contributed by atoms with Crippen molar-refractivity contribution in [2.75, 3.05) is 0 Å². The molecule has 0 heterocycles. The van der Waals surface area contributed by atoms with Crippen LogP contribution in [0.25, 0.3) is 11.1 Å². The molecule has 2 heteroatoms. The fourth-order valence-electron chi connectivity index (χ4n) is 2.53. The first-order valence-corrected chi connectivity index (χ1v) is 7.02. The van der Waals surface area contributed by atoms with Crippen molar-refractivity contribution in [2.45, 2.75) is 33.1 Å². The minimum atomic E-state index is 0.0562. The van der Waals surface area contributed by atoms with E-state index >= 15 is 0 Å². The third-order valence-corrected chi connectivity index (χ3v) is 3.40. The topological polar surface area (TPSA) is 37.3 Å². The van der Waals surface area contributed by atoms with E-state index in [0.717, 1.165) is 29.5 Å². The molecule has 0 amide bonds. The lowest BCUT2D eigenvalue weighted by molar-refractivity contribution is -0.116. The minimum absolute atomic E-state index is 0.0562. The molecule has 0 saturated heterocycles. The van der Waals surface area contributed by atoms with Crippen LogP contribution in [0.4, 0.5) is 0 Å². The maximum absolute atomic E-state index is 11.4. The summed E-state index contributed by atoms with van der Waals surface area (Å²) in [7, 11) is 0. The lowest BCUT2D eigenvalue weighted by atomic mass is 9.91. The number of rotatable bonds is 5. The highest BCUT2D eigenvalue weighted by atomic mass is 16.3. The Morgan fingerprint density at radius 1 is 1.05 bits per heavy atom. The minimum Gasteiger partial charge on any atom is -0.508 e. The smallest absolute Gasteiger partial charge is 0.134 e. The first-order valence-electron chi connectivity index (χ1n) is 7.02. The summed E-state index contributed by atoms with van der Waals surface area (Å²) in [4.78, 5) is 11.4. The van der Waals surface area contributed by atoms with Gasteiger partial charge in [0.15, 0.2) is 0 Å². The number of carbonyl (C=O) groups is 1. The highest BCUT2D eigenvalue weighted by Crippen LogP contribution is 2.33. The Kier molecular flexibility index (Phi) is 4.57. The van der Waals surface area contributed by atoms with E-state index in [1.165, 1.54) is 5.56 Å². The lowest BCUT2D eigenvalue weighted by Gasteiger charge is -2.14. The van der Waals surface area contributed by atoms with Gasteiger partial charge in [-0.2, -0.15) is 0 Å². The largest absolute Gasteiger partial charge is 0.508 e. The van der Waals surface area contributed by atoms with E-state index in [-0.39, 0.29) is 18.0 Å². The number of hydrogen-bond donors (Lipinski definition) is 1. The van der Waals surface area contributed by atoms with Gasteiger partial charge in [-0.15, -0.1) is 0 Å². The number of aryl methyl sites for hydroxylation is 1. The summed E-state index contributed by atoms with van der Waals surface area (Å²) in [6.07, 6.45) is 2.33. The summed E-state index contributed by atoms with van der Waals surface area (Å²) in [5, 5.41) is 10.1. The van der Waals surface area contributed by atoms with Crippen molar-refractivity contribution in [1.29, 1.82) is 0 Å². The highest BCUT2D eigenvalue weighted by Gasteiger charge is 2.13. The molecule has 0 saturated carbocycles. The van der Waals surface area contributed by atoms with Gasteiger partial charge in [0.05, 0.1) is 0 Å². The average molecular weight is 268 g/mol. The van der Waals surface area contributed by atoms with Crippen LogP contribution in [0.3, 0.4) is 0 Å². The molecule has 2 nitrogen and oxygen atoms in total. The molecule has 20 heavy (non-hydrogen) atoms. The van der Waals surface area contributed by atoms with Crippen LogP contribution in [-0.4, -0.2) is 10.9 Å². The molecule has 0 bridgehead atoms. The van der Waals surface area contributed by atoms with Gasteiger partial charge < -0.3 is 5.11 Å². The predicted molar refractivity (Wildman–Crippen MR) is 81.9 cm³/mol. The van der Waals surface area contributed by atoms with Crippen molar-refractivity contribution in [1.82, 2.24) is 0 Å². The number of benzene rings is 2. The van der Waals surface area contributed by atoms with Crippen molar-refractivity contribution in [3.63, 3.8) is 0 Å². The number of hydrogen-bond acceptors (Lipinski definition) is 2. The quantitative estimate of drug-likeness (QED) is 0.884. The van der Waals surface area contributed by atoms with Gasteiger partial charge in [-0.3, -0.25) is 4.79 Å². The maximum atomic E-state index is 11.4. The molecule has 104 valence electrons. The number of phenols is 1. The number of aromatic hydroxyl groups is 1. The molecule has 0 aromatic heterocycles. The van der Waals surface area contributed by atoms with Gasteiger partial charge in [-0.05, 0) is 36.1 Å². The van der Waals surface area contributed by atoms with Crippen LogP contribution in [0.15, 0.2) is 42.5 Å². The van der Waals surface area contributed by atoms with E-state index in [1.807, 2.05) is 24.3 Å². The molecule has 0 unspecified atom stereocenters. The molecule has 0 radical (unpaired) electrons. The molecule has 0 aliphatic carbocycles. The van der Waals surface area contributed by atoms with Gasteiger partial charge in [0, 0.05) is 12.0 Å².